The Kier molecular flexibility index (Phi) is 2.11. The van der Waals surface area contributed by atoms with Crippen LogP contribution in [0, 0.1) is 23.7 Å². The highest BCUT2D eigenvalue weighted by atomic mass is 16.2. The molecule has 2 aliphatic heterocycles. The van der Waals surface area contributed by atoms with Crippen LogP contribution in [0.1, 0.15) is 12.8 Å². The van der Waals surface area contributed by atoms with E-state index < -0.39 is 47.3 Å². The van der Waals surface area contributed by atoms with Crippen molar-refractivity contribution in [2.75, 3.05) is 0 Å². The van der Waals surface area contributed by atoms with Crippen LogP contribution >= 0.6 is 0 Å². The van der Waals surface area contributed by atoms with Crippen molar-refractivity contribution >= 4 is 23.6 Å². The topological polar surface area (TPSA) is 127 Å². The lowest BCUT2D eigenvalue weighted by Gasteiger charge is -2.28. The van der Waals surface area contributed by atoms with Gasteiger partial charge in [0, 0.05) is 0 Å². The van der Waals surface area contributed by atoms with Crippen LogP contribution in [0.5, 0.6) is 0 Å². The summed E-state index contributed by atoms with van der Waals surface area (Å²) in [5, 5.41) is 1.21. The fraction of sp³-hybridized carbons (Fsp3) is 0.600. The molecule has 0 bridgehead atoms. The van der Waals surface area contributed by atoms with E-state index in [-0.39, 0.29) is 12.8 Å². The molecule has 2 heterocycles. The number of nitrogens with zero attached hydrogens (tertiary/aromatic N) is 2. The molecule has 0 aromatic carbocycles. The number of rotatable bonds is 0. The number of hydrogen-bond donors (Lipinski definition) is 2. The molecule has 1 saturated carbocycles. The molecule has 8 heteroatoms. The normalized spacial score (nSPS) is 39.4. The second-order valence-corrected chi connectivity index (χ2v) is 4.99. The molecule has 2 saturated heterocycles. The summed E-state index contributed by atoms with van der Waals surface area (Å²) < 4.78 is 0. The number of fused-ring (bicyclic) bond motifs is 2. The van der Waals surface area contributed by atoms with Gasteiger partial charge in [0.05, 0.1) is 23.7 Å². The highest BCUT2D eigenvalue weighted by Gasteiger charge is 2.58. The predicted octanol–water partition coefficient (Wildman–Crippen LogP) is -2.27. The Balaban J connectivity index is 1.94. The number of nitrogens with two attached hydrogens (primary N) is 2. The van der Waals surface area contributed by atoms with Gasteiger partial charge < -0.3 is 0 Å². The third-order valence-electron chi connectivity index (χ3n) is 4.21. The fourth-order valence-corrected chi connectivity index (χ4v) is 3.23. The van der Waals surface area contributed by atoms with Crippen LogP contribution in [-0.4, -0.2) is 33.6 Å². The maximum Gasteiger partial charge on any atom is 0.247 e. The number of hydrogen-bond acceptors (Lipinski definition) is 6. The van der Waals surface area contributed by atoms with E-state index in [1.807, 2.05) is 0 Å². The summed E-state index contributed by atoms with van der Waals surface area (Å²) in [6, 6.07) is 0. The van der Waals surface area contributed by atoms with Crippen molar-refractivity contribution in [2.45, 2.75) is 12.8 Å². The SMILES string of the molecule is NN1C(=O)C2CC3C(=O)N(N)C(=O)C3CC2C1=O. The smallest absolute Gasteiger partial charge is 0.247 e. The lowest BCUT2D eigenvalue weighted by Crippen LogP contribution is -2.38. The van der Waals surface area contributed by atoms with Crippen LogP contribution in [0.3, 0.4) is 0 Å². The number of imide groups is 2. The molecule has 3 fully saturated rings. The van der Waals surface area contributed by atoms with Crippen LogP contribution in [0.15, 0.2) is 0 Å². The van der Waals surface area contributed by atoms with Crippen molar-refractivity contribution in [3.8, 4) is 0 Å². The van der Waals surface area contributed by atoms with Gasteiger partial charge in [0.15, 0.2) is 0 Å². The van der Waals surface area contributed by atoms with Crippen molar-refractivity contribution in [3.05, 3.63) is 0 Å². The zero-order chi connectivity index (χ0) is 13.2. The number of hydrazine groups is 2. The minimum Gasteiger partial charge on any atom is -0.273 e. The van der Waals surface area contributed by atoms with Gasteiger partial charge in [-0.3, -0.25) is 19.2 Å². The Morgan fingerprint density at radius 3 is 1.11 bits per heavy atom. The van der Waals surface area contributed by atoms with Crippen molar-refractivity contribution in [1.82, 2.24) is 10.0 Å². The number of carbonyl (C=O) groups excluding carboxylic acids is 4. The van der Waals surface area contributed by atoms with Crippen molar-refractivity contribution in [2.24, 2.45) is 35.4 Å². The molecule has 3 rings (SSSR count). The average molecular weight is 252 g/mol. The standard InChI is InChI=1S/C10H12N4O4/c11-13-7(15)3-1-4-6(2-5(3)9(13)17)10(18)14(12)8(4)16/h3-6H,1-2,11-12H2. The van der Waals surface area contributed by atoms with Gasteiger partial charge in [-0.2, -0.15) is 0 Å². The molecule has 4 atom stereocenters. The quantitative estimate of drug-likeness (QED) is 0.284. The van der Waals surface area contributed by atoms with Crippen molar-refractivity contribution in [3.63, 3.8) is 0 Å². The number of amides is 4. The van der Waals surface area contributed by atoms with Crippen LogP contribution in [0.25, 0.3) is 0 Å². The first-order chi connectivity index (χ1) is 8.43. The maximum absolute atomic E-state index is 11.7. The van der Waals surface area contributed by atoms with E-state index in [1.165, 1.54) is 0 Å². The Morgan fingerprint density at radius 2 is 0.889 bits per heavy atom. The highest BCUT2D eigenvalue weighted by molar-refractivity contribution is 6.08. The van der Waals surface area contributed by atoms with Gasteiger partial charge in [0.2, 0.25) is 23.6 Å². The minimum atomic E-state index is -0.591. The van der Waals surface area contributed by atoms with Gasteiger partial charge in [-0.1, -0.05) is 0 Å². The molecule has 18 heavy (non-hydrogen) atoms. The molecule has 0 aromatic heterocycles. The van der Waals surface area contributed by atoms with E-state index in [2.05, 4.69) is 0 Å². The molecular weight excluding hydrogens is 240 g/mol. The summed E-state index contributed by atoms with van der Waals surface area (Å²) in [5.74, 6) is 6.46. The van der Waals surface area contributed by atoms with Crippen LogP contribution in [0.2, 0.25) is 0 Å². The molecule has 0 spiro atoms. The Bertz CT molecular complexity index is 406. The van der Waals surface area contributed by atoms with Gasteiger partial charge in [0.25, 0.3) is 0 Å². The summed E-state index contributed by atoms with van der Waals surface area (Å²) >= 11 is 0. The average Bonchev–Trinajstić information content (AvgIpc) is 2.71. The van der Waals surface area contributed by atoms with E-state index in [0.717, 1.165) is 0 Å². The molecule has 1 aliphatic carbocycles. The zero-order valence-corrected chi connectivity index (χ0v) is 9.41. The van der Waals surface area contributed by atoms with Gasteiger partial charge in [-0.15, -0.1) is 0 Å². The van der Waals surface area contributed by atoms with E-state index >= 15 is 0 Å². The van der Waals surface area contributed by atoms with Crippen LogP contribution in [0.4, 0.5) is 0 Å². The molecule has 8 nitrogen and oxygen atoms in total. The van der Waals surface area contributed by atoms with E-state index in [0.29, 0.717) is 10.0 Å². The molecule has 4 unspecified atom stereocenters. The first kappa shape index (κ1) is 11.3. The second kappa shape index (κ2) is 3.36. The largest absolute Gasteiger partial charge is 0.273 e. The van der Waals surface area contributed by atoms with Crippen LogP contribution in [-0.2, 0) is 19.2 Å². The fourth-order valence-electron chi connectivity index (χ4n) is 3.23. The lowest BCUT2D eigenvalue weighted by atomic mass is 9.70. The Morgan fingerprint density at radius 1 is 0.667 bits per heavy atom. The summed E-state index contributed by atoms with van der Waals surface area (Å²) in [4.78, 5) is 47.0. The predicted molar refractivity (Wildman–Crippen MR) is 55.3 cm³/mol. The third-order valence-corrected chi connectivity index (χ3v) is 4.21. The first-order valence-corrected chi connectivity index (χ1v) is 5.68. The minimum absolute atomic E-state index is 0.173. The summed E-state index contributed by atoms with van der Waals surface area (Å²) in [5.41, 5.74) is 0. The highest BCUT2D eigenvalue weighted by Crippen LogP contribution is 2.46. The Hall–Kier alpha value is -1.80. The van der Waals surface area contributed by atoms with Gasteiger partial charge in [0.1, 0.15) is 0 Å². The monoisotopic (exact) mass is 252 g/mol. The molecule has 3 aliphatic rings. The van der Waals surface area contributed by atoms with Gasteiger partial charge in [-0.25, -0.2) is 21.7 Å². The van der Waals surface area contributed by atoms with Gasteiger partial charge >= 0.3 is 0 Å². The Labute approximate surface area is 102 Å². The molecule has 0 radical (unpaired) electrons. The van der Waals surface area contributed by atoms with Crippen molar-refractivity contribution < 1.29 is 19.2 Å². The van der Waals surface area contributed by atoms with E-state index in [1.54, 1.807) is 0 Å². The molecular formula is C10H12N4O4. The molecule has 0 aromatic rings. The van der Waals surface area contributed by atoms with E-state index in [4.69, 9.17) is 11.7 Å². The molecule has 4 N–H and O–H groups in total. The van der Waals surface area contributed by atoms with E-state index in [9.17, 15) is 19.2 Å². The lowest BCUT2D eigenvalue weighted by molar-refractivity contribution is -0.140. The third kappa shape index (κ3) is 1.16. The zero-order valence-electron chi connectivity index (χ0n) is 9.41. The number of carbonyl (C=O) groups is 4. The molecule has 96 valence electrons. The first-order valence-electron chi connectivity index (χ1n) is 5.68. The molecule has 4 amide bonds. The van der Waals surface area contributed by atoms with Crippen LogP contribution < -0.4 is 11.7 Å². The maximum atomic E-state index is 11.7. The second-order valence-electron chi connectivity index (χ2n) is 4.99. The van der Waals surface area contributed by atoms with Crippen molar-refractivity contribution in [1.29, 1.82) is 0 Å². The summed E-state index contributed by atoms with van der Waals surface area (Å²) in [7, 11) is 0. The summed E-state index contributed by atoms with van der Waals surface area (Å²) in [6.45, 7) is 0. The summed E-state index contributed by atoms with van der Waals surface area (Å²) in [6.07, 6.45) is 0.345. The van der Waals surface area contributed by atoms with Gasteiger partial charge in [-0.05, 0) is 12.8 Å².